The van der Waals surface area contributed by atoms with Crippen molar-refractivity contribution in [2.75, 3.05) is 16.8 Å². The van der Waals surface area contributed by atoms with E-state index in [0.29, 0.717) is 11.6 Å². The van der Waals surface area contributed by atoms with Gasteiger partial charge < -0.3 is 16.8 Å². The average molecular weight is 476 g/mol. The zero-order chi connectivity index (χ0) is 22.6. The predicted molar refractivity (Wildman–Crippen MR) is 119 cm³/mol. The van der Waals surface area contributed by atoms with E-state index < -0.39 is 17.4 Å². The lowest BCUT2D eigenvalue weighted by atomic mass is 10.1. The van der Waals surface area contributed by atoms with Gasteiger partial charge in [-0.1, -0.05) is 23.2 Å². The molecule has 32 heavy (non-hydrogen) atoms. The van der Waals surface area contributed by atoms with Crippen LogP contribution >= 0.6 is 23.2 Å². The molecule has 0 radical (unpaired) electrons. The van der Waals surface area contributed by atoms with E-state index in [9.17, 15) is 9.18 Å². The van der Waals surface area contributed by atoms with Crippen molar-refractivity contribution in [1.82, 2.24) is 29.7 Å². The summed E-state index contributed by atoms with van der Waals surface area (Å²) in [6.45, 7) is 0. The van der Waals surface area contributed by atoms with Crippen LogP contribution < -0.4 is 22.3 Å². The molecule has 1 aliphatic rings. The van der Waals surface area contributed by atoms with Gasteiger partial charge in [-0.25, -0.2) is 13.9 Å². The van der Waals surface area contributed by atoms with E-state index in [1.807, 2.05) is 0 Å². The Balaban J connectivity index is 1.76. The number of hydrogen-bond acceptors (Lipinski definition) is 8. The van der Waals surface area contributed by atoms with Crippen LogP contribution in [-0.4, -0.2) is 29.7 Å². The second kappa shape index (κ2) is 7.61. The zero-order valence-corrected chi connectivity index (χ0v) is 17.8. The molecule has 10 nitrogen and oxygen atoms in total. The summed E-state index contributed by atoms with van der Waals surface area (Å²) in [5.41, 5.74) is 11.2. The fourth-order valence-electron chi connectivity index (χ4n) is 3.61. The number of nitrogens with two attached hydrogens (primary N) is 2. The van der Waals surface area contributed by atoms with Crippen LogP contribution in [0.25, 0.3) is 16.7 Å². The van der Waals surface area contributed by atoms with Crippen molar-refractivity contribution in [3.63, 3.8) is 0 Å². The molecule has 164 valence electrons. The fourth-order valence-corrected chi connectivity index (χ4v) is 4.03. The average Bonchev–Trinajstić information content (AvgIpc) is 3.42. The van der Waals surface area contributed by atoms with Gasteiger partial charge in [-0.05, 0) is 24.8 Å². The van der Waals surface area contributed by atoms with Crippen molar-refractivity contribution in [1.29, 1.82) is 0 Å². The number of benzene rings is 1. The first-order valence-corrected chi connectivity index (χ1v) is 10.4. The van der Waals surface area contributed by atoms with Gasteiger partial charge in [0.15, 0.2) is 5.82 Å². The molecule has 0 aliphatic heterocycles. The molecule has 1 fully saturated rings. The lowest BCUT2D eigenvalue weighted by molar-refractivity contribution is 0.603. The summed E-state index contributed by atoms with van der Waals surface area (Å²) in [6, 6.07) is 3.34. The first-order valence-electron chi connectivity index (χ1n) is 9.60. The van der Waals surface area contributed by atoms with Gasteiger partial charge in [0, 0.05) is 12.1 Å². The number of anilines is 3. The maximum atomic E-state index is 14.1. The summed E-state index contributed by atoms with van der Waals surface area (Å²) in [5, 5.41) is 10.1. The number of H-pyrrole nitrogens is 1. The molecule has 1 atom stereocenters. The molecular formula is C19H16Cl2FN9O. The Labute approximate surface area is 189 Å². The smallest absolute Gasteiger partial charge is 0.268 e. The zero-order valence-electron chi connectivity index (χ0n) is 16.3. The first kappa shape index (κ1) is 20.5. The molecule has 1 aliphatic carbocycles. The third-order valence-corrected chi connectivity index (χ3v) is 5.87. The summed E-state index contributed by atoms with van der Waals surface area (Å²) in [6.07, 6.45) is 3.24. The maximum absolute atomic E-state index is 14.1. The lowest BCUT2D eigenvalue weighted by Crippen LogP contribution is -2.30. The van der Waals surface area contributed by atoms with E-state index in [0.717, 1.165) is 18.9 Å². The number of nitrogens with one attached hydrogen (secondary N) is 2. The number of rotatable bonds is 5. The third kappa shape index (κ3) is 3.49. The normalized spacial score (nSPS) is 14.6. The standard InChI is InChI=1S/C19H16Cl2FN9O/c20-9-5-8(22)6-10-12(9)18(32)31(11-3-4-25-30-11)17(26-10)14(7-1-2-7)27-16-13(21)15(23)28-19(24)29-16/h3-7,14H,1-2H2,(H,25,30)(H5,23,24,27,28,29)/t14-/m0/s1. The van der Waals surface area contributed by atoms with Gasteiger partial charge in [-0.2, -0.15) is 15.1 Å². The Hall–Kier alpha value is -3.44. The molecule has 3 heterocycles. The van der Waals surface area contributed by atoms with Crippen molar-refractivity contribution in [3.05, 3.63) is 56.4 Å². The van der Waals surface area contributed by atoms with Crippen LogP contribution in [0.3, 0.4) is 0 Å². The summed E-state index contributed by atoms with van der Waals surface area (Å²) in [5.74, 6) is 0.345. The molecule has 5 rings (SSSR count). The number of halogens is 3. The minimum Gasteiger partial charge on any atom is -0.382 e. The molecule has 0 bridgehead atoms. The van der Waals surface area contributed by atoms with Crippen LogP contribution in [0.1, 0.15) is 24.7 Å². The highest BCUT2D eigenvalue weighted by atomic mass is 35.5. The van der Waals surface area contributed by atoms with Gasteiger partial charge in [0.1, 0.15) is 28.3 Å². The van der Waals surface area contributed by atoms with Gasteiger partial charge in [0.25, 0.3) is 5.56 Å². The molecule has 3 aromatic heterocycles. The maximum Gasteiger partial charge on any atom is 0.268 e. The molecule has 0 unspecified atom stereocenters. The Morgan fingerprint density at radius 2 is 2.00 bits per heavy atom. The second-order valence-electron chi connectivity index (χ2n) is 7.42. The number of fused-ring (bicyclic) bond motifs is 1. The number of aromatic nitrogens is 6. The van der Waals surface area contributed by atoms with E-state index in [4.69, 9.17) is 34.7 Å². The predicted octanol–water partition coefficient (Wildman–Crippen LogP) is 3.07. The molecule has 4 aromatic rings. The summed E-state index contributed by atoms with van der Waals surface area (Å²) in [4.78, 5) is 26.1. The Morgan fingerprint density at radius 3 is 2.69 bits per heavy atom. The van der Waals surface area contributed by atoms with Gasteiger partial charge in [-0.3, -0.25) is 9.89 Å². The SMILES string of the molecule is Nc1nc(N)c(Cl)c(N[C@H](c2nc3cc(F)cc(Cl)c3c(=O)n2-c2ccn[nH]2)C2CC2)n1. The monoisotopic (exact) mass is 475 g/mol. The fraction of sp³-hybridized carbons (Fsp3) is 0.211. The van der Waals surface area contributed by atoms with Crippen LogP contribution in [0.15, 0.2) is 29.2 Å². The molecule has 0 amide bonds. The number of hydrogen-bond donors (Lipinski definition) is 4. The van der Waals surface area contributed by atoms with Crippen LogP contribution in [0, 0.1) is 11.7 Å². The topological polar surface area (TPSA) is 153 Å². The van der Waals surface area contributed by atoms with Crippen molar-refractivity contribution >= 4 is 51.7 Å². The minimum atomic E-state index is -0.602. The van der Waals surface area contributed by atoms with Gasteiger partial charge in [0.2, 0.25) is 5.95 Å². The van der Waals surface area contributed by atoms with E-state index in [1.54, 1.807) is 6.07 Å². The highest BCUT2D eigenvalue weighted by Crippen LogP contribution is 2.43. The molecule has 13 heteroatoms. The van der Waals surface area contributed by atoms with Crippen molar-refractivity contribution in [2.45, 2.75) is 18.9 Å². The minimum absolute atomic E-state index is 0.0162. The summed E-state index contributed by atoms with van der Waals surface area (Å²) < 4.78 is 15.4. The van der Waals surface area contributed by atoms with Gasteiger partial charge in [-0.15, -0.1) is 0 Å². The second-order valence-corrected chi connectivity index (χ2v) is 8.21. The molecular weight excluding hydrogens is 460 g/mol. The van der Waals surface area contributed by atoms with Gasteiger partial charge in [0.05, 0.1) is 28.2 Å². The molecule has 6 N–H and O–H groups in total. The van der Waals surface area contributed by atoms with E-state index in [-0.39, 0.29) is 44.5 Å². The summed E-state index contributed by atoms with van der Waals surface area (Å²) >= 11 is 12.5. The van der Waals surface area contributed by atoms with E-state index in [2.05, 4.69) is 30.5 Å². The van der Waals surface area contributed by atoms with E-state index >= 15 is 0 Å². The highest BCUT2D eigenvalue weighted by Gasteiger charge is 2.37. The van der Waals surface area contributed by atoms with Crippen LogP contribution in [-0.2, 0) is 0 Å². The van der Waals surface area contributed by atoms with Crippen LogP contribution in [0.4, 0.5) is 22.0 Å². The van der Waals surface area contributed by atoms with E-state index in [1.165, 1.54) is 16.8 Å². The number of aromatic amines is 1. The third-order valence-electron chi connectivity index (χ3n) is 5.20. The number of nitrogens with zero attached hydrogens (tertiary/aromatic N) is 5. The van der Waals surface area contributed by atoms with Crippen LogP contribution in [0.5, 0.6) is 0 Å². The first-order chi connectivity index (χ1) is 15.3. The molecule has 1 saturated carbocycles. The molecule has 0 saturated heterocycles. The number of nitrogen functional groups attached to an aromatic ring is 2. The highest BCUT2D eigenvalue weighted by molar-refractivity contribution is 6.35. The Kier molecular flexibility index (Phi) is 4.86. The Morgan fingerprint density at radius 1 is 1.22 bits per heavy atom. The van der Waals surface area contributed by atoms with Crippen molar-refractivity contribution in [2.24, 2.45) is 5.92 Å². The Bertz CT molecular complexity index is 1400. The van der Waals surface area contributed by atoms with Crippen molar-refractivity contribution in [3.8, 4) is 5.82 Å². The summed E-state index contributed by atoms with van der Waals surface area (Å²) in [7, 11) is 0. The van der Waals surface area contributed by atoms with Crippen molar-refractivity contribution < 1.29 is 4.39 Å². The van der Waals surface area contributed by atoms with Gasteiger partial charge >= 0.3 is 0 Å². The van der Waals surface area contributed by atoms with Crippen LogP contribution in [0.2, 0.25) is 10.0 Å². The molecule has 1 aromatic carbocycles. The quantitative estimate of drug-likeness (QED) is 0.343. The lowest BCUT2D eigenvalue weighted by Gasteiger charge is -2.23. The molecule has 0 spiro atoms. The largest absolute Gasteiger partial charge is 0.382 e.